The first-order chi connectivity index (χ1) is 12.1. The predicted molar refractivity (Wildman–Crippen MR) is 91.7 cm³/mol. The second-order valence-corrected chi connectivity index (χ2v) is 5.42. The molecule has 132 valence electrons. The summed E-state index contributed by atoms with van der Waals surface area (Å²) in [4.78, 5) is 38.7. The summed E-state index contributed by atoms with van der Waals surface area (Å²) >= 11 is 0. The van der Waals surface area contributed by atoms with E-state index >= 15 is 0 Å². The van der Waals surface area contributed by atoms with Crippen LogP contribution in [0, 0.1) is 0 Å². The van der Waals surface area contributed by atoms with E-state index in [1.165, 1.54) is 0 Å². The number of ether oxygens (including phenoxy) is 2. The molecule has 0 aliphatic rings. The average molecular weight is 343 g/mol. The largest absolute Gasteiger partial charge is 0.461 e. The van der Waals surface area contributed by atoms with Gasteiger partial charge in [-0.05, 0) is 24.5 Å². The number of hydrogen-bond acceptors (Lipinski definition) is 5. The van der Waals surface area contributed by atoms with E-state index < -0.39 is 11.9 Å². The molecule has 0 saturated heterocycles. The highest BCUT2D eigenvalue weighted by molar-refractivity contribution is 6.03. The predicted octanol–water partition coefficient (Wildman–Crippen LogP) is 3.31. The molecule has 6 nitrogen and oxygen atoms in total. The number of nitrogens with one attached hydrogen (secondary N) is 1. The number of esters is 2. The normalized spacial score (nSPS) is 10.3. The molecule has 1 heterocycles. The van der Waals surface area contributed by atoms with Crippen LogP contribution in [0.5, 0.6) is 0 Å². The van der Waals surface area contributed by atoms with Crippen LogP contribution in [0.1, 0.15) is 62.7 Å². The van der Waals surface area contributed by atoms with Gasteiger partial charge in [-0.25, -0.2) is 9.59 Å². The van der Waals surface area contributed by atoms with Crippen LogP contribution in [0.4, 0.5) is 0 Å². The van der Waals surface area contributed by atoms with Crippen LogP contribution in [-0.2, 0) is 22.5 Å². The summed E-state index contributed by atoms with van der Waals surface area (Å²) in [5.74, 6) is -1.22. The summed E-state index contributed by atoms with van der Waals surface area (Å²) in [5, 5.41) is 0. The molecule has 2 aromatic rings. The zero-order valence-corrected chi connectivity index (χ0v) is 14.3. The molecule has 0 aliphatic carbocycles. The van der Waals surface area contributed by atoms with Crippen molar-refractivity contribution in [3.63, 3.8) is 0 Å². The Balaban J connectivity index is 2.32. The summed E-state index contributed by atoms with van der Waals surface area (Å²) in [7, 11) is 0. The number of carbonyl (C=O) groups is 3. The van der Waals surface area contributed by atoms with Gasteiger partial charge < -0.3 is 14.5 Å². The molecule has 25 heavy (non-hydrogen) atoms. The fourth-order valence-corrected chi connectivity index (χ4v) is 2.55. The molecule has 6 heteroatoms. The van der Waals surface area contributed by atoms with Gasteiger partial charge in [0.1, 0.15) is 12.3 Å². The van der Waals surface area contributed by atoms with Gasteiger partial charge in [-0.3, -0.25) is 4.79 Å². The second kappa shape index (κ2) is 8.82. The van der Waals surface area contributed by atoms with Crippen molar-refractivity contribution in [3.05, 3.63) is 58.4 Å². The summed E-state index contributed by atoms with van der Waals surface area (Å²) in [6.45, 7) is 3.90. The van der Waals surface area contributed by atoms with Crippen LogP contribution >= 0.6 is 0 Å². The lowest BCUT2D eigenvalue weighted by atomic mass is 10.0. The van der Waals surface area contributed by atoms with Crippen molar-refractivity contribution in [3.8, 4) is 0 Å². The zero-order valence-electron chi connectivity index (χ0n) is 14.3. The number of H-pyrrole nitrogens is 1. The van der Waals surface area contributed by atoms with Gasteiger partial charge in [-0.15, -0.1) is 0 Å². The second-order valence-electron chi connectivity index (χ2n) is 5.42. The van der Waals surface area contributed by atoms with Gasteiger partial charge in [0, 0.05) is 0 Å². The van der Waals surface area contributed by atoms with E-state index in [0.717, 1.165) is 5.56 Å². The zero-order chi connectivity index (χ0) is 18.2. The highest BCUT2D eigenvalue weighted by Gasteiger charge is 2.27. The van der Waals surface area contributed by atoms with Crippen LogP contribution in [0.15, 0.2) is 30.3 Å². The van der Waals surface area contributed by atoms with E-state index in [1.54, 1.807) is 6.92 Å². The van der Waals surface area contributed by atoms with Crippen LogP contribution in [0.3, 0.4) is 0 Å². The Morgan fingerprint density at radius 1 is 1.08 bits per heavy atom. The smallest absolute Gasteiger partial charge is 0.355 e. The first-order valence-electron chi connectivity index (χ1n) is 8.20. The highest BCUT2D eigenvalue weighted by Crippen LogP contribution is 2.23. The highest BCUT2D eigenvalue weighted by atomic mass is 16.5. The molecule has 0 amide bonds. The summed E-state index contributed by atoms with van der Waals surface area (Å²) in [5.41, 5.74) is 1.57. The number of aromatic nitrogens is 1. The first kappa shape index (κ1) is 18.4. The molecule has 0 atom stereocenters. The Morgan fingerprint density at radius 3 is 2.40 bits per heavy atom. The van der Waals surface area contributed by atoms with Crippen molar-refractivity contribution in [2.24, 2.45) is 0 Å². The Hall–Kier alpha value is -2.89. The van der Waals surface area contributed by atoms with Crippen LogP contribution in [0.25, 0.3) is 0 Å². The minimum absolute atomic E-state index is 0.0320. The summed E-state index contributed by atoms with van der Waals surface area (Å²) < 4.78 is 10.3. The van der Waals surface area contributed by atoms with Crippen molar-refractivity contribution in [1.82, 2.24) is 4.98 Å². The minimum atomic E-state index is -0.638. The Labute approximate surface area is 146 Å². The first-order valence-corrected chi connectivity index (χ1v) is 8.20. The minimum Gasteiger partial charge on any atom is -0.461 e. The third-order valence-corrected chi connectivity index (χ3v) is 3.65. The van der Waals surface area contributed by atoms with E-state index in [0.29, 0.717) is 24.7 Å². The van der Waals surface area contributed by atoms with Crippen LogP contribution in [0.2, 0.25) is 0 Å². The molecule has 0 unspecified atom stereocenters. The van der Waals surface area contributed by atoms with Gasteiger partial charge in [0.2, 0.25) is 0 Å². The maximum atomic E-state index is 12.5. The summed E-state index contributed by atoms with van der Waals surface area (Å²) in [6.07, 6.45) is 1.66. The third-order valence-electron chi connectivity index (χ3n) is 3.65. The van der Waals surface area contributed by atoms with E-state index in [2.05, 4.69) is 4.98 Å². The van der Waals surface area contributed by atoms with Crippen LogP contribution in [-0.4, -0.2) is 29.8 Å². The quantitative estimate of drug-likeness (QED) is 0.587. The van der Waals surface area contributed by atoms with E-state index in [9.17, 15) is 14.4 Å². The van der Waals surface area contributed by atoms with E-state index in [1.807, 2.05) is 37.3 Å². The lowest BCUT2D eigenvalue weighted by Crippen LogP contribution is -2.11. The molecule has 0 spiro atoms. The van der Waals surface area contributed by atoms with Gasteiger partial charge >= 0.3 is 11.9 Å². The standard InChI is InChI=1S/C19H21NO5/c1-3-8-14-16(15(11-21)20-17(14)19(23)24-4-2)18(22)25-12-13-9-6-5-7-10-13/h5-7,9-11,20H,3-4,8,12H2,1-2H3. The monoisotopic (exact) mass is 343 g/mol. The van der Waals surface area contributed by atoms with E-state index in [-0.39, 0.29) is 30.2 Å². The van der Waals surface area contributed by atoms with Crippen molar-refractivity contribution in [2.75, 3.05) is 6.61 Å². The fraction of sp³-hybridized carbons (Fsp3) is 0.316. The molecule has 1 N–H and O–H groups in total. The molecule has 2 rings (SSSR count). The maximum absolute atomic E-state index is 12.5. The number of benzene rings is 1. The Bertz CT molecular complexity index is 749. The lowest BCUT2D eigenvalue weighted by molar-refractivity contribution is 0.0469. The lowest BCUT2D eigenvalue weighted by Gasteiger charge is -2.07. The average Bonchev–Trinajstić information content (AvgIpc) is 3.00. The maximum Gasteiger partial charge on any atom is 0.355 e. The molecule has 0 fully saturated rings. The molecule has 1 aromatic heterocycles. The van der Waals surface area contributed by atoms with Gasteiger partial charge in [0.25, 0.3) is 0 Å². The number of rotatable bonds is 8. The number of aldehydes is 1. The SMILES string of the molecule is CCCc1c(C(=O)OCC)[nH]c(C=O)c1C(=O)OCc1ccccc1. The molecule has 0 saturated carbocycles. The van der Waals surface area contributed by atoms with Crippen molar-refractivity contribution >= 4 is 18.2 Å². The molecule has 0 bridgehead atoms. The van der Waals surface area contributed by atoms with Gasteiger partial charge in [0.05, 0.1) is 17.9 Å². The fourth-order valence-electron chi connectivity index (χ4n) is 2.55. The van der Waals surface area contributed by atoms with Crippen molar-refractivity contribution in [2.45, 2.75) is 33.3 Å². The molecular formula is C19H21NO5. The topological polar surface area (TPSA) is 85.5 Å². The Kier molecular flexibility index (Phi) is 6.51. The number of aromatic amines is 1. The summed E-state index contributed by atoms with van der Waals surface area (Å²) in [6, 6.07) is 9.23. The third kappa shape index (κ3) is 4.35. The van der Waals surface area contributed by atoms with Gasteiger partial charge in [0.15, 0.2) is 6.29 Å². The van der Waals surface area contributed by atoms with Crippen molar-refractivity contribution in [1.29, 1.82) is 0 Å². The van der Waals surface area contributed by atoms with E-state index in [4.69, 9.17) is 9.47 Å². The molecule has 0 radical (unpaired) electrons. The number of hydrogen-bond donors (Lipinski definition) is 1. The van der Waals surface area contributed by atoms with Gasteiger partial charge in [-0.1, -0.05) is 43.7 Å². The van der Waals surface area contributed by atoms with Crippen molar-refractivity contribution < 1.29 is 23.9 Å². The van der Waals surface area contributed by atoms with Crippen LogP contribution < -0.4 is 0 Å². The Morgan fingerprint density at radius 2 is 1.80 bits per heavy atom. The molecular weight excluding hydrogens is 322 g/mol. The number of carbonyl (C=O) groups excluding carboxylic acids is 3. The molecule has 0 aliphatic heterocycles. The molecule has 1 aromatic carbocycles. The van der Waals surface area contributed by atoms with Gasteiger partial charge in [-0.2, -0.15) is 0 Å².